The number of carbonyl (C=O) groups is 1. The number of allylic oxidation sites excluding steroid dienone is 7. The van der Waals surface area contributed by atoms with E-state index in [9.17, 15) is 4.79 Å². The molecular formula is C22H26N3O+. The number of rotatable bonds is 7. The van der Waals surface area contributed by atoms with Crippen molar-refractivity contribution < 1.29 is 9.37 Å². The van der Waals surface area contributed by atoms with E-state index < -0.39 is 0 Å². The quantitative estimate of drug-likeness (QED) is 0.466. The molecule has 0 saturated carbocycles. The van der Waals surface area contributed by atoms with Crippen LogP contribution in [0.15, 0.2) is 85.3 Å². The van der Waals surface area contributed by atoms with Crippen LogP contribution >= 0.6 is 0 Å². The molecule has 134 valence electrons. The van der Waals surface area contributed by atoms with E-state index in [0.717, 1.165) is 6.42 Å². The molecule has 1 aliphatic heterocycles. The molecule has 1 aliphatic rings. The van der Waals surface area contributed by atoms with Gasteiger partial charge < -0.3 is 10.2 Å². The molecule has 0 fully saturated rings. The second-order valence-corrected chi connectivity index (χ2v) is 5.90. The van der Waals surface area contributed by atoms with Crippen molar-refractivity contribution in [2.75, 3.05) is 21.1 Å². The maximum Gasteiger partial charge on any atom is 0.250 e. The number of para-hydroxylation sites is 1. The summed E-state index contributed by atoms with van der Waals surface area (Å²) in [4.78, 5) is 13.5. The molecule has 2 rings (SSSR count). The molecule has 0 bridgehead atoms. The predicted octanol–water partition coefficient (Wildman–Crippen LogP) is 3.33. The molecule has 0 aromatic heterocycles. The largest absolute Gasteiger partial charge is 0.394 e. The first kappa shape index (κ1) is 19.2. The smallest absolute Gasteiger partial charge is 0.250 e. The number of amides is 1. The zero-order chi connectivity index (χ0) is 18.8. The van der Waals surface area contributed by atoms with Crippen molar-refractivity contribution in [3.05, 3.63) is 90.8 Å². The Kier molecular flexibility index (Phi) is 7.37. The number of likely N-dealkylation sites (N-methyl/N-ethyl adjacent to an activating group) is 1. The van der Waals surface area contributed by atoms with E-state index in [1.54, 1.807) is 24.2 Å². The van der Waals surface area contributed by atoms with Crippen molar-refractivity contribution >= 4 is 17.3 Å². The molecule has 1 heterocycles. The summed E-state index contributed by atoms with van der Waals surface area (Å²) in [5.74, 6) is -0.0741. The summed E-state index contributed by atoms with van der Waals surface area (Å²) in [6.45, 7) is 0. The highest BCUT2D eigenvalue weighted by atomic mass is 16.2. The van der Waals surface area contributed by atoms with Gasteiger partial charge in [-0.3, -0.25) is 4.79 Å². The molecule has 0 atom stereocenters. The van der Waals surface area contributed by atoms with Crippen LogP contribution in [0.2, 0.25) is 0 Å². The van der Waals surface area contributed by atoms with Crippen molar-refractivity contribution in [1.82, 2.24) is 10.2 Å². The predicted molar refractivity (Wildman–Crippen MR) is 109 cm³/mol. The lowest BCUT2D eigenvalue weighted by atomic mass is 10.1. The molecule has 0 unspecified atom stereocenters. The molecule has 1 amide bonds. The molecule has 0 aliphatic carbocycles. The van der Waals surface area contributed by atoms with Crippen LogP contribution < -0.4 is 5.32 Å². The van der Waals surface area contributed by atoms with Crippen molar-refractivity contribution in [3.63, 3.8) is 0 Å². The van der Waals surface area contributed by atoms with Crippen molar-refractivity contribution in [3.8, 4) is 0 Å². The topological polar surface area (TPSA) is 35.4 Å². The third kappa shape index (κ3) is 5.45. The molecule has 0 saturated heterocycles. The van der Waals surface area contributed by atoms with Crippen LogP contribution in [0.4, 0.5) is 5.69 Å². The third-order valence-electron chi connectivity index (χ3n) is 4.05. The van der Waals surface area contributed by atoms with Gasteiger partial charge in [0.15, 0.2) is 5.71 Å². The third-order valence-corrected chi connectivity index (χ3v) is 4.05. The zero-order valence-electron chi connectivity index (χ0n) is 15.6. The highest BCUT2D eigenvalue weighted by Gasteiger charge is 2.23. The normalized spacial score (nSPS) is 14.6. The van der Waals surface area contributed by atoms with Gasteiger partial charge in [-0.1, -0.05) is 42.5 Å². The maximum atomic E-state index is 12.0. The van der Waals surface area contributed by atoms with Crippen LogP contribution in [0.1, 0.15) is 5.56 Å². The molecular weight excluding hydrogens is 322 g/mol. The van der Waals surface area contributed by atoms with E-state index in [2.05, 4.69) is 47.3 Å². The summed E-state index contributed by atoms with van der Waals surface area (Å²) < 4.78 is 2.20. The van der Waals surface area contributed by atoms with E-state index in [4.69, 9.17) is 0 Å². The van der Waals surface area contributed by atoms with Crippen molar-refractivity contribution in [2.24, 2.45) is 0 Å². The molecule has 1 aromatic rings. The van der Waals surface area contributed by atoms with Crippen LogP contribution in [-0.4, -0.2) is 42.2 Å². The first-order chi connectivity index (χ1) is 12.6. The van der Waals surface area contributed by atoms with Crippen LogP contribution in [-0.2, 0) is 11.2 Å². The number of nitrogens with one attached hydrogen (secondary N) is 1. The Morgan fingerprint density at radius 2 is 1.88 bits per heavy atom. The van der Waals surface area contributed by atoms with Gasteiger partial charge in [-0.2, -0.15) is 4.58 Å². The Morgan fingerprint density at radius 1 is 1.12 bits per heavy atom. The molecule has 1 N–H and O–H groups in total. The fourth-order valence-corrected chi connectivity index (χ4v) is 2.58. The molecule has 1 aromatic carbocycles. The average Bonchev–Trinajstić information content (AvgIpc) is 2.97. The lowest BCUT2D eigenvalue weighted by Gasteiger charge is -2.07. The Morgan fingerprint density at radius 3 is 2.65 bits per heavy atom. The molecule has 26 heavy (non-hydrogen) atoms. The van der Waals surface area contributed by atoms with Gasteiger partial charge in [0.1, 0.15) is 7.05 Å². The van der Waals surface area contributed by atoms with Gasteiger partial charge in [-0.15, -0.1) is 0 Å². The Hall–Kier alpha value is -3.14. The number of benzene rings is 1. The highest BCUT2D eigenvalue weighted by molar-refractivity contribution is 5.96. The Labute approximate surface area is 155 Å². The van der Waals surface area contributed by atoms with E-state index in [-0.39, 0.29) is 5.91 Å². The maximum absolute atomic E-state index is 12.0. The lowest BCUT2D eigenvalue weighted by Crippen LogP contribution is -2.17. The number of hydrogen-bond donors (Lipinski definition) is 1. The number of nitrogens with zero attached hydrogens (tertiary/aromatic N) is 2. The van der Waals surface area contributed by atoms with E-state index in [1.165, 1.54) is 23.0 Å². The summed E-state index contributed by atoms with van der Waals surface area (Å²) in [6, 6.07) is 8.42. The molecule has 0 spiro atoms. The summed E-state index contributed by atoms with van der Waals surface area (Å²) in [6.07, 6.45) is 19.2. The van der Waals surface area contributed by atoms with E-state index >= 15 is 0 Å². The second kappa shape index (κ2) is 9.99. The molecule has 4 nitrogen and oxygen atoms in total. The standard InChI is InChI=1S/C22H25N3O/c1-23-16-10-5-4-6-15-22(26)24(2)17-11-9-13-20-18-19-12-7-8-14-21(19)25(20)3/h4-17H,18H2,1-3H3/p+1. The van der Waals surface area contributed by atoms with Gasteiger partial charge in [-0.05, 0) is 18.4 Å². The zero-order valence-corrected chi connectivity index (χ0v) is 15.6. The van der Waals surface area contributed by atoms with Crippen LogP contribution in [0.5, 0.6) is 0 Å². The van der Waals surface area contributed by atoms with Gasteiger partial charge in [-0.25, -0.2) is 0 Å². The molecule has 4 heteroatoms. The van der Waals surface area contributed by atoms with Gasteiger partial charge >= 0.3 is 0 Å². The number of carbonyl (C=O) groups excluding carboxylic acids is 1. The minimum atomic E-state index is -0.0741. The summed E-state index contributed by atoms with van der Waals surface area (Å²) in [5, 5.41) is 2.89. The number of hydrogen-bond acceptors (Lipinski definition) is 2. The van der Waals surface area contributed by atoms with Gasteiger partial charge in [0, 0.05) is 44.1 Å². The first-order valence-electron chi connectivity index (χ1n) is 8.59. The van der Waals surface area contributed by atoms with E-state index in [0.29, 0.717) is 0 Å². The fourth-order valence-electron chi connectivity index (χ4n) is 2.58. The van der Waals surface area contributed by atoms with Gasteiger partial charge in [0.25, 0.3) is 0 Å². The van der Waals surface area contributed by atoms with Crippen molar-refractivity contribution in [2.45, 2.75) is 6.42 Å². The highest BCUT2D eigenvalue weighted by Crippen LogP contribution is 2.24. The van der Waals surface area contributed by atoms with Crippen LogP contribution in [0, 0.1) is 0 Å². The van der Waals surface area contributed by atoms with Crippen molar-refractivity contribution in [1.29, 1.82) is 0 Å². The average molecular weight is 348 g/mol. The SMILES string of the molecule is CNC=CC=CC=CC(=O)N(C)C=CC=CC1=[N+](C)c2ccccc2C1. The summed E-state index contributed by atoms with van der Waals surface area (Å²) >= 11 is 0. The van der Waals surface area contributed by atoms with Crippen LogP contribution in [0.25, 0.3) is 0 Å². The van der Waals surface area contributed by atoms with Gasteiger partial charge in [0.05, 0.1) is 6.42 Å². The second-order valence-electron chi connectivity index (χ2n) is 5.90. The van der Waals surface area contributed by atoms with Crippen LogP contribution in [0.3, 0.4) is 0 Å². The first-order valence-corrected chi connectivity index (χ1v) is 8.59. The minimum absolute atomic E-state index is 0.0741. The summed E-state index contributed by atoms with van der Waals surface area (Å²) in [5.41, 5.74) is 3.84. The Balaban J connectivity index is 1.86. The lowest BCUT2D eigenvalue weighted by molar-refractivity contribution is -0.400. The monoisotopic (exact) mass is 348 g/mol. The summed E-state index contributed by atoms with van der Waals surface area (Å²) in [7, 11) is 5.66. The van der Waals surface area contributed by atoms with Gasteiger partial charge in [0.2, 0.25) is 11.6 Å². The minimum Gasteiger partial charge on any atom is -0.394 e. The Bertz CT molecular complexity index is 810. The number of fused-ring (bicyclic) bond motifs is 1. The fraction of sp³-hybridized carbons (Fsp3) is 0.182. The van der Waals surface area contributed by atoms with E-state index in [1.807, 2.05) is 43.6 Å². The molecule has 0 radical (unpaired) electrons.